The molecule has 0 unspecified atom stereocenters. The van der Waals surface area contributed by atoms with Crippen molar-refractivity contribution in [1.29, 1.82) is 0 Å². The van der Waals surface area contributed by atoms with Crippen molar-refractivity contribution in [2.75, 3.05) is 11.3 Å². The molecule has 1 aromatic heterocycles. The van der Waals surface area contributed by atoms with Crippen molar-refractivity contribution in [3.05, 3.63) is 78.6 Å². The molecule has 27 heavy (non-hydrogen) atoms. The summed E-state index contributed by atoms with van der Waals surface area (Å²) in [5.74, 6) is -0.389. The Morgan fingerprint density at radius 1 is 1.00 bits per heavy atom. The molecule has 0 aliphatic carbocycles. The third-order valence-corrected chi connectivity index (χ3v) is 5.20. The van der Waals surface area contributed by atoms with Crippen molar-refractivity contribution in [1.82, 2.24) is 4.98 Å². The number of rotatable bonds is 6. The van der Waals surface area contributed by atoms with Gasteiger partial charge in [-0.25, -0.2) is 13.2 Å². The number of ether oxygens (including phenoxy) is 1. The first-order valence-corrected chi connectivity index (χ1v) is 9.78. The number of nitrogens with zero attached hydrogens (tertiary/aromatic N) is 1. The van der Waals surface area contributed by atoms with Gasteiger partial charge in [-0.15, -0.1) is 0 Å². The largest absolute Gasteiger partial charge is 0.462 e. The molecule has 0 amide bonds. The summed E-state index contributed by atoms with van der Waals surface area (Å²) in [5.41, 5.74) is 2.48. The SMILES string of the molecule is CCOC(=O)c1cccc(-c2ccc(S(=O)(=O)Nc3ccncc3)cc2)c1. The van der Waals surface area contributed by atoms with Crippen molar-refractivity contribution >= 4 is 21.7 Å². The van der Waals surface area contributed by atoms with E-state index in [0.29, 0.717) is 17.9 Å². The molecule has 0 aliphatic heterocycles. The minimum Gasteiger partial charge on any atom is -0.462 e. The molecule has 0 atom stereocenters. The number of anilines is 1. The van der Waals surface area contributed by atoms with E-state index in [9.17, 15) is 13.2 Å². The van der Waals surface area contributed by atoms with Gasteiger partial charge in [-0.1, -0.05) is 24.3 Å². The lowest BCUT2D eigenvalue weighted by Gasteiger charge is -2.09. The Bertz CT molecular complexity index is 1030. The van der Waals surface area contributed by atoms with Crippen LogP contribution in [-0.2, 0) is 14.8 Å². The molecule has 138 valence electrons. The van der Waals surface area contributed by atoms with Crippen LogP contribution in [0.25, 0.3) is 11.1 Å². The van der Waals surface area contributed by atoms with Crippen molar-refractivity contribution in [3.63, 3.8) is 0 Å². The molecule has 2 aromatic carbocycles. The fraction of sp³-hybridized carbons (Fsp3) is 0.100. The van der Waals surface area contributed by atoms with Crippen LogP contribution in [0.3, 0.4) is 0 Å². The number of esters is 1. The van der Waals surface area contributed by atoms with Crippen molar-refractivity contribution in [2.45, 2.75) is 11.8 Å². The molecule has 6 nitrogen and oxygen atoms in total. The predicted octanol–water partition coefficient (Wildman–Crippen LogP) is 3.73. The Morgan fingerprint density at radius 2 is 1.70 bits per heavy atom. The Balaban J connectivity index is 1.83. The number of aromatic nitrogens is 1. The number of benzene rings is 2. The first kappa shape index (κ1) is 18.6. The van der Waals surface area contributed by atoms with E-state index >= 15 is 0 Å². The lowest BCUT2D eigenvalue weighted by atomic mass is 10.0. The van der Waals surface area contributed by atoms with Crippen LogP contribution in [0, 0.1) is 0 Å². The average molecular weight is 382 g/mol. The van der Waals surface area contributed by atoms with Gasteiger partial charge in [0, 0.05) is 12.4 Å². The van der Waals surface area contributed by atoms with E-state index in [1.807, 2.05) is 6.07 Å². The van der Waals surface area contributed by atoms with E-state index < -0.39 is 10.0 Å². The third kappa shape index (κ3) is 4.51. The van der Waals surface area contributed by atoms with Gasteiger partial charge in [0.15, 0.2) is 0 Å². The zero-order valence-electron chi connectivity index (χ0n) is 14.6. The lowest BCUT2D eigenvalue weighted by molar-refractivity contribution is 0.0526. The van der Waals surface area contributed by atoms with E-state index in [2.05, 4.69) is 9.71 Å². The van der Waals surface area contributed by atoms with Crippen LogP contribution in [0.4, 0.5) is 5.69 Å². The Morgan fingerprint density at radius 3 is 2.37 bits per heavy atom. The van der Waals surface area contributed by atoms with E-state index in [-0.39, 0.29) is 10.9 Å². The highest BCUT2D eigenvalue weighted by molar-refractivity contribution is 7.92. The summed E-state index contributed by atoms with van der Waals surface area (Å²) in [6.45, 7) is 2.06. The minimum atomic E-state index is -3.69. The van der Waals surface area contributed by atoms with Crippen LogP contribution in [0.5, 0.6) is 0 Å². The second-order valence-corrected chi connectivity index (χ2v) is 7.35. The van der Waals surface area contributed by atoms with Gasteiger partial charge in [0.05, 0.1) is 22.8 Å². The van der Waals surface area contributed by atoms with Crippen molar-refractivity contribution in [3.8, 4) is 11.1 Å². The minimum absolute atomic E-state index is 0.143. The molecule has 1 N–H and O–H groups in total. The van der Waals surface area contributed by atoms with Crippen LogP contribution in [0.2, 0.25) is 0 Å². The summed E-state index contributed by atoms with van der Waals surface area (Å²) in [6.07, 6.45) is 3.02. The summed E-state index contributed by atoms with van der Waals surface area (Å²) in [4.78, 5) is 15.9. The maximum atomic E-state index is 12.5. The van der Waals surface area contributed by atoms with E-state index in [4.69, 9.17) is 4.74 Å². The van der Waals surface area contributed by atoms with Gasteiger partial charge < -0.3 is 4.74 Å². The second-order valence-electron chi connectivity index (χ2n) is 5.67. The molecular formula is C20H18N2O4S. The Labute approximate surface area is 157 Å². The Hall–Kier alpha value is -3.19. The molecule has 0 saturated heterocycles. The second kappa shape index (κ2) is 8.01. The monoisotopic (exact) mass is 382 g/mol. The number of nitrogens with one attached hydrogen (secondary N) is 1. The predicted molar refractivity (Wildman–Crippen MR) is 103 cm³/mol. The molecule has 0 saturated carbocycles. The summed E-state index contributed by atoms with van der Waals surface area (Å²) < 4.78 is 32.5. The summed E-state index contributed by atoms with van der Waals surface area (Å²) >= 11 is 0. The quantitative estimate of drug-likeness (QED) is 0.657. The zero-order valence-corrected chi connectivity index (χ0v) is 15.4. The van der Waals surface area contributed by atoms with Gasteiger partial charge >= 0.3 is 5.97 Å². The molecular weight excluding hydrogens is 364 g/mol. The highest BCUT2D eigenvalue weighted by Crippen LogP contribution is 2.23. The van der Waals surface area contributed by atoms with Gasteiger partial charge in [-0.05, 0) is 54.4 Å². The summed E-state index contributed by atoms with van der Waals surface area (Å²) in [7, 11) is -3.69. The van der Waals surface area contributed by atoms with Crippen LogP contribution in [0.1, 0.15) is 17.3 Å². The molecule has 0 fully saturated rings. The van der Waals surface area contributed by atoms with Gasteiger partial charge in [0.2, 0.25) is 0 Å². The smallest absolute Gasteiger partial charge is 0.338 e. The normalized spacial score (nSPS) is 11.0. The van der Waals surface area contributed by atoms with Crippen molar-refractivity contribution in [2.24, 2.45) is 0 Å². The molecule has 0 aliphatic rings. The number of pyridine rings is 1. The van der Waals surface area contributed by atoms with Gasteiger partial charge in [0.25, 0.3) is 10.0 Å². The number of hydrogen-bond donors (Lipinski definition) is 1. The third-order valence-electron chi connectivity index (χ3n) is 3.80. The maximum absolute atomic E-state index is 12.5. The molecule has 0 spiro atoms. The van der Waals surface area contributed by atoms with Crippen molar-refractivity contribution < 1.29 is 17.9 Å². The fourth-order valence-corrected chi connectivity index (χ4v) is 3.56. The average Bonchev–Trinajstić information content (AvgIpc) is 2.69. The van der Waals surface area contributed by atoms with E-state index in [1.54, 1.807) is 49.4 Å². The molecule has 3 aromatic rings. The fourth-order valence-electron chi connectivity index (χ4n) is 2.50. The Kier molecular flexibility index (Phi) is 5.52. The molecule has 1 heterocycles. The standard InChI is InChI=1S/C20H18N2O4S/c1-2-26-20(23)17-5-3-4-16(14-17)15-6-8-19(9-7-15)27(24,25)22-18-10-12-21-13-11-18/h3-14H,2H2,1H3,(H,21,22). The number of sulfonamides is 1. The summed E-state index contributed by atoms with van der Waals surface area (Å²) in [6, 6.07) is 16.6. The highest BCUT2D eigenvalue weighted by atomic mass is 32.2. The number of hydrogen-bond acceptors (Lipinski definition) is 5. The number of carbonyl (C=O) groups excluding carboxylic acids is 1. The number of carbonyl (C=O) groups is 1. The molecule has 0 radical (unpaired) electrons. The lowest BCUT2D eigenvalue weighted by Crippen LogP contribution is -2.12. The maximum Gasteiger partial charge on any atom is 0.338 e. The van der Waals surface area contributed by atoms with Crippen LogP contribution in [0.15, 0.2) is 78.0 Å². The van der Waals surface area contributed by atoms with Gasteiger partial charge in [-0.3, -0.25) is 9.71 Å². The van der Waals surface area contributed by atoms with Gasteiger partial charge in [0.1, 0.15) is 0 Å². The first-order valence-electron chi connectivity index (χ1n) is 8.30. The molecule has 3 rings (SSSR count). The topological polar surface area (TPSA) is 85.4 Å². The first-order chi connectivity index (χ1) is 13.0. The van der Waals surface area contributed by atoms with E-state index in [0.717, 1.165) is 11.1 Å². The highest BCUT2D eigenvalue weighted by Gasteiger charge is 2.14. The van der Waals surface area contributed by atoms with Gasteiger partial charge in [-0.2, -0.15) is 0 Å². The molecule has 7 heteroatoms. The van der Waals surface area contributed by atoms with Crippen LogP contribution >= 0.6 is 0 Å². The zero-order chi connectivity index (χ0) is 19.3. The summed E-state index contributed by atoms with van der Waals surface area (Å²) in [5, 5.41) is 0. The van der Waals surface area contributed by atoms with E-state index in [1.165, 1.54) is 24.5 Å². The molecule has 0 bridgehead atoms. The van der Waals surface area contributed by atoms with Crippen LogP contribution < -0.4 is 4.72 Å². The van der Waals surface area contributed by atoms with Crippen LogP contribution in [-0.4, -0.2) is 26.0 Å².